The summed E-state index contributed by atoms with van der Waals surface area (Å²) in [7, 11) is 1.77. The van der Waals surface area contributed by atoms with Gasteiger partial charge in [-0.15, -0.1) is 0 Å². The first-order chi connectivity index (χ1) is 8.47. The minimum absolute atomic E-state index is 0.0442. The van der Waals surface area contributed by atoms with Gasteiger partial charge in [-0.05, 0) is 28.7 Å². The summed E-state index contributed by atoms with van der Waals surface area (Å²) in [5.41, 5.74) is 0. The van der Waals surface area contributed by atoms with E-state index in [2.05, 4.69) is 4.98 Å². The summed E-state index contributed by atoms with van der Waals surface area (Å²) in [5.74, 6) is 0.856. The van der Waals surface area contributed by atoms with Crippen LogP contribution in [0.2, 0.25) is 0 Å². The van der Waals surface area contributed by atoms with Crippen molar-refractivity contribution >= 4 is 11.7 Å². The predicted molar refractivity (Wildman–Crippen MR) is 64.0 cm³/mol. The van der Waals surface area contributed by atoms with E-state index in [0.29, 0.717) is 11.7 Å². The van der Waals surface area contributed by atoms with E-state index in [1.807, 2.05) is 0 Å². The third-order valence-electron chi connectivity index (χ3n) is 3.11. The van der Waals surface area contributed by atoms with Crippen molar-refractivity contribution in [2.75, 3.05) is 13.6 Å². The molecule has 1 aliphatic carbocycles. The molecule has 7 nitrogen and oxygen atoms in total. The number of likely N-dealkylation sites (N-methyl/N-ethyl adjacent to an activating group) is 1. The van der Waals surface area contributed by atoms with E-state index in [9.17, 15) is 14.9 Å². The van der Waals surface area contributed by atoms with Gasteiger partial charge in [-0.1, -0.05) is 0 Å². The van der Waals surface area contributed by atoms with Crippen molar-refractivity contribution in [1.29, 1.82) is 0 Å². The van der Waals surface area contributed by atoms with Gasteiger partial charge in [-0.2, -0.15) is 0 Å². The molecule has 1 aromatic heterocycles. The lowest BCUT2D eigenvalue weighted by molar-refractivity contribution is -0.389. The van der Waals surface area contributed by atoms with E-state index < -0.39 is 4.92 Å². The molecule has 0 saturated heterocycles. The fraction of sp³-hybridized carbons (Fsp3) is 0.636. The van der Waals surface area contributed by atoms with Gasteiger partial charge in [0.15, 0.2) is 0 Å². The highest BCUT2D eigenvalue weighted by atomic mass is 16.6. The number of rotatable bonds is 5. The van der Waals surface area contributed by atoms with Crippen molar-refractivity contribution in [3.05, 3.63) is 22.1 Å². The van der Waals surface area contributed by atoms with Crippen LogP contribution in [0.25, 0.3) is 0 Å². The van der Waals surface area contributed by atoms with Gasteiger partial charge >= 0.3 is 5.82 Å². The Morgan fingerprint density at radius 1 is 1.67 bits per heavy atom. The lowest BCUT2D eigenvalue weighted by Gasteiger charge is -2.16. The number of aryl methyl sites for hydroxylation is 1. The molecule has 0 N–H and O–H groups in total. The molecule has 1 aromatic rings. The molecule has 0 atom stereocenters. The van der Waals surface area contributed by atoms with Gasteiger partial charge in [0.25, 0.3) is 0 Å². The summed E-state index contributed by atoms with van der Waals surface area (Å²) in [4.78, 5) is 27.4. The van der Waals surface area contributed by atoms with Gasteiger partial charge in [0.05, 0.1) is 0 Å². The fourth-order valence-corrected chi connectivity index (χ4v) is 1.80. The first-order valence-corrected chi connectivity index (χ1v) is 5.89. The Balaban J connectivity index is 1.99. The Kier molecular flexibility index (Phi) is 3.31. The first kappa shape index (κ1) is 12.5. The highest BCUT2D eigenvalue weighted by Crippen LogP contribution is 2.29. The third-order valence-corrected chi connectivity index (χ3v) is 3.11. The molecule has 98 valence electrons. The van der Waals surface area contributed by atoms with Gasteiger partial charge in [0, 0.05) is 20.5 Å². The molecule has 2 rings (SSSR count). The van der Waals surface area contributed by atoms with Crippen molar-refractivity contribution in [2.45, 2.75) is 26.3 Å². The lowest BCUT2D eigenvalue weighted by Crippen LogP contribution is -2.32. The van der Waals surface area contributed by atoms with Crippen LogP contribution in [0.4, 0.5) is 5.82 Å². The first-order valence-electron chi connectivity index (χ1n) is 5.89. The predicted octanol–water partition coefficient (Wildman–Crippen LogP) is 0.968. The summed E-state index contributed by atoms with van der Waals surface area (Å²) < 4.78 is 1.52. The van der Waals surface area contributed by atoms with Gasteiger partial charge < -0.3 is 15.0 Å². The molecule has 0 spiro atoms. The van der Waals surface area contributed by atoms with Gasteiger partial charge in [-0.25, -0.2) is 0 Å². The van der Waals surface area contributed by atoms with Crippen molar-refractivity contribution in [3.63, 3.8) is 0 Å². The molecular weight excluding hydrogens is 236 g/mol. The number of amides is 1. The Bertz CT molecular complexity index is 479. The molecule has 7 heteroatoms. The van der Waals surface area contributed by atoms with E-state index in [0.717, 1.165) is 6.54 Å². The lowest BCUT2D eigenvalue weighted by atomic mass is 10.3. The van der Waals surface area contributed by atoms with Crippen LogP contribution in [0.15, 0.2) is 6.20 Å². The maximum absolute atomic E-state index is 11.9. The van der Waals surface area contributed by atoms with Gasteiger partial charge in [0.2, 0.25) is 11.7 Å². The standard InChI is InChI=1S/C11H16N4O3/c1-8-12-10(15(17)18)6-14(8)7-11(16)13(2)5-9-3-4-9/h6,9H,3-5,7H2,1-2H3. The van der Waals surface area contributed by atoms with Crippen LogP contribution in [-0.2, 0) is 11.3 Å². The zero-order chi connectivity index (χ0) is 13.3. The van der Waals surface area contributed by atoms with Gasteiger partial charge in [-0.3, -0.25) is 9.36 Å². The Hall–Kier alpha value is -1.92. The number of carbonyl (C=O) groups is 1. The molecule has 1 amide bonds. The Labute approximate surface area is 105 Å². The minimum atomic E-state index is -0.554. The molecule has 1 saturated carbocycles. The summed E-state index contributed by atoms with van der Waals surface area (Å²) in [6.45, 7) is 2.53. The van der Waals surface area contributed by atoms with E-state index in [1.54, 1.807) is 18.9 Å². The summed E-state index contributed by atoms with van der Waals surface area (Å²) in [5, 5.41) is 10.6. The number of hydrogen-bond acceptors (Lipinski definition) is 4. The molecule has 0 aromatic carbocycles. The van der Waals surface area contributed by atoms with Gasteiger partial charge in [0.1, 0.15) is 12.7 Å². The highest BCUT2D eigenvalue weighted by molar-refractivity contribution is 5.75. The van der Waals surface area contributed by atoms with Crippen LogP contribution < -0.4 is 0 Å². The molecule has 1 aliphatic rings. The number of hydrogen-bond donors (Lipinski definition) is 0. The summed E-state index contributed by atoms with van der Waals surface area (Å²) >= 11 is 0. The maximum atomic E-state index is 11.9. The molecular formula is C11H16N4O3. The van der Waals surface area contributed by atoms with Crippen LogP contribution in [-0.4, -0.2) is 38.9 Å². The van der Waals surface area contributed by atoms with Crippen LogP contribution in [0, 0.1) is 23.0 Å². The fourth-order valence-electron chi connectivity index (χ4n) is 1.80. The molecule has 18 heavy (non-hydrogen) atoms. The van der Waals surface area contributed by atoms with E-state index in [1.165, 1.54) is 23.6 Å². The number of nitro groups is 1. The summed E-state index contributed by atoms with van der Waals surface area (Å²) in [6, 6.07) is 0. The molecule has 0 unspecified atom stereocenters. The van der Waals surface area contributed by atoms with Crippen molar-refractivity contribution in [3.8, 4) is 0 Å². The second-order valence-corrected chi connectivity index (χ2v) is 4.75. The maximum Gasteiger partial charge on any atom is 0.381 e. The quantitative estimate of drug-likeness (QED) is 0.577. The highest BCUT2D eigenvalue weighted by Gasteiger charge is 2.25. The molecule has 0 bridgehead atoms. The monoisotopic (exact) mass is 252 g/mol. The normalized spacial score (nSPS) is 14.6. The van der Waals surface area contributed by atoms with E-state index in [-0.39, 0.29) is 18.3 Å². The van der Waals surface area contributed by atoms with Crippen LogP contribution in [0.5, 0.6) is 0 Å². The van der Waals surface area contributed by atoms with E-state index >= 15 is 0 Å². The third kappa shape index (κ3) is 2.85. The number of aromatic nitrogens is 2. The second-order valence-electron chi connectivity index (χ2n) is 4.75. The number of imidazole rings is 1. The topological polar surface area (TPSA) is 81.3 Å². The van der Waals surface area contributed by atoms with Crippen molar-refractivity contribution in [2.24, 2.45) is 5.92 Å². The SMILES string of the molecule is Cc1nc([N+](=O)[O-])cn1CC(=O)N(C)CC1CC1. The molecule has 1 fully saturated rings. The van der Waals surface area contributed by atoms with Crippen molar-refractivity contribution < 1.29 is 9.72 Å². The largest absolute Gasteiger partial charge is 0.381 e. The molecule has 1 heterocycles. The molecule has 0 radical (unpaired) electrons. The Morgan fingerprint density at radius 3 is 2.83 bits per heavy atom. The zero-order valence-electron chi connectivity index (χ0n) is 10.5. The van der Waals surface area contributed by atoms with E-state index in [4.69, 9.17) is 0 Å². The zero-order valence-corrected chi connectivity index (χ0v) is 10.5. The van der Waals surface area contributed by atoms with Crippen LogP contribution in [0.3, 0.4) is 0 Å². The Morgan fingerprint density at radius 2 is 2.33 bits per heavy atom. The van der Waals surface area contributed by atoms with Crippen LogP contribution >= 0.6 is 0 Å². The van der Waals surface area contributed by atoms with Crippen LogP contribution in [0.1, 0.15) is 18.7 Å². The molecule has 0 aliphatic heterocycles. The smallest absolute Gasteiger partial charge is 0.358 e. The van der Waals surface area contributed by atoms with Crippen molar-refractivity contribution in [1.82, 2.24) is 14.5 Å². The average Bonchev–Trinajstić information content (AvgIpc) is 3.03. The number of nitrogens with zero attached hydrogens (tertiary/aromatic N) is 4. The second kappa shape index (κ2) is 4.75. The average molecular weight is 252 g/mol. The number of carbonyl (C=O) groups excluding carboxylic acids is 1. The summed E-state index contributed by atoms with van der Waals surface area (Å²) in [6.07, 6.45) is 3.68. The minimum Gasteiger partial charge on any atom is -0.358 e.